The van der Waals surface area contributed by atoms with Crippen molar-refractivity contribution in [2.45, 2.75) is 0 Å². The highest BCUT2D eigenvalue weighted by molar-refractivity contribution is 9.10. The van der Waals surface area contributed by atoms with E-state index in [1.54, 1.807) is 4.68 Å². The summed E-state index contributed by atoms with van der Waals surface area (Å²) in [7, 11) is 1.81. The lowest BCUT2D eigenvalue weighted by atomic mass is 10.4. The standard InChI is InChI=1S/C6H7BrN4O/c1-11-6-4(5(7)10-11)9-3(12)2-8-6/h8H,2H2,1H3,(H,9,12). The van der Waals surface area contributed by atoms with Crippen LogP contribution >= 0.6 is 15.9 Å². The normalized spacial score (nSPS) is 15.0. The summed E-state index contributed by atoms with van der Waals surface area (Å²) in [6, 6.07) is 0. The van der Waals surface area contributed by atoms with Crippen molar-refractivity contribution in [3.63, 3.8) is 0 Å². The minimum atomic E-state index is -0.0452. The average Bonchev–Trinajstić information content (AvgIpc) is 2.28. The van der Waals surface area contributed by atoms with Gasteiger partial charge in [0.1, 0.15) is 11.5 Å². The van der Waals surface area contributed by atoms with Crippen molar-refractivity contribution in [2.75, 3.05) is 17.2 Å². The van der Waals surface area contributed by atoms with Gasteiger partial charge in [0.25, 0.3) is 0 Å². The Hall–Kier alpha value is -1.04. The SMILES string of the molecule is Cn1nc(Br)c2c1NCC(=O)N2. The Morgan fingerprint density at radius 1 is 1.67 bits per heavy atom. The molecule has 1 aliphatic rings. The van der Waals surface area contributed by atoms with Crippen LogP contribution in [0.2, 0.25) is 0 Å². The summed E-state index contributed by atoms with van der Waals surface area (Å²) >= 11 is 3.24. The molecule has 2 heterocycles. The summed E-state index contributed by atoms with van der Waals surface area (Å²) < 4.78 is 2.33. The Balaban J connectivity index is 2.51. The molecule has 64 valence electrons. The molecule has 0 saturated carbocycles. The van der Waals surface area contributed by atoms with Crippen LogP contribution in [0.25, 0.3) is 0 Å². The van der Waals surface area contributed by atoms with Crippen molar-refractivity contribution < 1.29 is 4.79 Å². The van der Waals surface area contributed by atoms with Crippen LogP contribution < -0.4 is 10.6 Å². The maximum Gasteiger partial charge on any atom is 0.243 e. The number of rotatable bonds is 0. The van der Waals surface area contributed by atoms with Gasteiger partial charge >= 0.3 is 0 Å². The van der Waals surface area contributed by atoms with Gasteiger partial charge in [0, 0.05) is 7.05 Å². The molecule has 0 radical (unpaired) electrons. The molecule has 2 N–H and O–H groups in total. The highest BCUT2D eigenvalue weighted by Crippen LogP contribution is 2.31. The molecule has 5 nitrogen and oxygen atoms in total. The predicted octanol–water partition coefficient (Wildman–Crippen LogP) is 0.547. The number of carbonyl (C=O) groups is 1. The summed E-state index contributed by atoms with van der Waals surface area (Å²) in [5.41, 5.74) is 0.716. The predicted molar refractivity (Wildman–Crippen MR) is 48.0 cm³/mol. The van der Waals surface area contributed by atoms with E-state index in [2.05, 4.69) is 31.7 Å². The van der Waals surface area contributed by atoms with Gasteiger partial charge in [0.05, 0.1) is 6.54 Å². The van der Waals surface area contributed by atoms with Gasteiger partial charge in [-0.15, -0.1) is 0 Å². The van der Waals surface area contributed by atoms with Crippen molar-refractivity contribution in [1.82, 2.24) is 9.78 Å². The summed E-state index contributed by atoms with van der Waals surface area (Å²) in [6.45, 7) is 0.305. The van der Waals surface area contributed by atoms with Crippen LogP contribution in [0.1, 0.15) is 0 Å². The minimum absolute atomic E-state index is 0.0452. The first kappa shape index (κ1) is 7.60. The van der Waals surface area contributed by atoms with E-state index in [4.69, 9.17) is 0 Å². The van der Waals surface area contributed by atoms with Crippen molar-refractivity contribution in [3.05, 3.63) is 4.60 Å². The van der Waals surface area contributed by atoms with Crippen molar-refractivity contribution in [2.24, 2.45) is 7.05 Å². The van der Waals surface area contributed by atoms with Crippen LogP contribution in [0.15, 0.2) is 4.60 Å². The topological polar surface area (TPSA) is 59.0 Å². The number of nitrogens with one attached hydrogen (secondary N) is 2. The zero-order chi connectivity index (χ0) is 8.72. The fourth-order valence-electron chi connectivity index (χ4n) is 1.15. The molecule has 0 atom stereocenters. The highest BCUT2D eigenvalue weighted by atomic mass is 79.9. The molecule has 0 aromatic carbocycles. The van der Waals surface area contributed by atoms with Crippen LogP contribution in [0.4, 0.5) is 11.5 Å². The Kier molecular flexibility index (Phi) is 1.57. The molecule has 1 amide bonds. The van der Waals surface area contributed by atoms with Gasteiger partial charge in [-0.25, -0.2) is 4.68 Å². The first-order valence-corrected chi connectivity index (χ1v) is 4.24. The monoisotopic (exact) mass is 230 g/mol. The smallest absolute Gasteiger partial charge is 0.243 e. The Labute approximate surface area is 77.3 Å². The van der Waals surface area contributed by atoms with Gasteiger partial charge in [-0.2, -0.15) is 5.10 Å². The summed E-state index contributed by atoms with van der Waals surface area (Å²) in [5, 5.41) is 9.76. The van der Waals surface area contributed by atoms with Crippen molar-refractivity contribution in [1.29, 1.82) is 0 Å². The molecule has 0 bridgehead atoms. The number of hydrogen-bond donors (Lipinski definition) is 2. The fraction of sp³-hybridized carbons (Fsp3) is 0.333. The molecule has 12 heavy (non-hydrogen) atoms. The fourth-order valence-corrected chi connectivity index (χ4v) is 1.68. The molecule has 0 fully saturated rings. The number of carbonyl (C=O) groups excluding carboxylic acids is 1. The second-order valence-corrected chi connectivity index (χ2v) is 3.29. The molecular weight excluding hydrogens is 224 g/mol. The van der Waals surface area contributed by atoms with E-state index in [-0.39, 0.29) is 5.91 Å². The number of amides is 1. The van der Waals surface area contributed by atoms with Crippen LogP contribution in [-0.2, 0) is 11.8 Å². The Morgan fingerprint density at radius 3 is 3.17 bits per heavy atom. The number of fused-ring (bicyclic) bond motifs is 1. The lowest BCUT2D eigenvalue weighted by Crippen LogP contribution is -2.27. The van der Waals surface area contributed by atoms with E-state index >= 15 is 0 Å². The number of anilines is 2. The number of aryl methyl sites for hydroxylation is 1. The van der Waals surface area contributed by atoms with Gasteiger partial charge < -0.3 is 10.6 Å². The molecule has 2 rings (SSSR count). The van der Waals surface area contributed by atoms with Crippen LogP contribution in [0.3, 0.4) is 0 Å². The van der Waals surface area contributed by atoms with Crippen LogP contribution in [0.5, 0.6) is 0 Å². The molecular formula is C6H7BrN4O. The van der Waals surface area contributed by atoms with Crippen LogP contribution in [-0.4, -0.2) is 22.2 Å². The van der Waals surface area contributed by atoms with Gasteiger partial charge in [-0.1, -0.05) is 0 Å². The van der Waals surface area contributed by atoms with E-state index in [1.165, 1.54) is 0 Å². The average molecular weight is 231 g/mol. The molecule has 1 aromatic heterocycles. The second-order valence-electron chi connectivity index (χ2n) is 2.54. The second kappa shape index (κ2) is 2.48. The van der Waals surface area contributed by atoms with Gasteiger partial charge in [0.2, 0.25) is 5.91 Å². The van der Waals surface area contributed by atoms with E-state index in [1.807, 2.05) is 7.05 Å². The number of nitrogens with zero attached hydrogens (tertiary/aromatic N) is 2. The van der Waals surface area contributed by atoms with Crippen molar-refractivity contribution >= 4 is 33.3 Å². The lowest BCUT2D eigenvalue weighted by Gasteiger charge is -2.14. The van der Waals surface area contributed by atoms with Gasteiger partial charge in [-0.05, 0) is 15.9 Å². The molecule has 0 unspecified atom stereocenters. The molecule has 0 aliphatic carbocycles. The minimum Gasteiger partial charge on any atom is -0.359 e. The third-order valence-corrected chi connectivity index (χ3v) is 2.24. The van der Waals surface area contributed by atoms with E-state index in [0.717, 1.165) is 5.82 Å². The Morgan fingerprint density at radius 2 is 2.42 bits per heavy atom. The molecule has 0 spiro atoms. The number of hydrogen-bond acceptors (Lipinski definition) is 3. The quantitative estimate of drug-likeness (QED) is 0.685. The zero-order valence-corrected chi connectivity index (χ0v) is 7.97. The summed E-state index contributed by atoms with van der Waals surface area (Å²) in [4.78, 5) is 11.0. The Bertz CT molecular complexity index is 346. The van der Waals surface area contributed by atoms with Crippen molar-refractivity contribution in [3.8, 4) is 0 Å². The molecule has 0 saturated heterocycles. The van der Waals surface area contributed by atoms with Gasteiger partial charge in [-0.3, -0.25) is 4.79 Å². The molecule has 6 heteroatoms. The highest BCUT2D eigenvalue weighted by Gasteiger charge is 2.21. The number of halogens is 1. The maximum atomic E-state index is 11.0. The lowest BCUT2D eigenvalue weighted by molar-refractivity contribution is -0.114. The third kappa shape index (κ3) is 0.989. The summed E-state index contributed by atoms with van der Waals surface area (Å²) in [5.74, 6) is 0.790. The maximum absolute atomic E-state index is 11.0. The molecule has 1 aromatic rings. The summed E-state index contributed by atoms with van der Waals surface area (Å²) in [6.07, 6.45) is 0. The number of aromatic nitrogens is 2. The largest absolute Gasteiger partial charge is 0.359 e. The van der Waals surface area contributed by atoms with E-state index in [0.29, 0.717) is 16.8 Å². The van der Waals surface area contributed by atoms with Gasteiger partial charge in [0.15, 0.2) is 4.60 Å². The van der Waals surface area contributed by atoms with E-state index < -0.39 is 0 Å². The third-order valence-electron chi connectivity index (χ3n) is 1.69. The first-order valence-electron chi connectivity index (χ1n) is 3.44. The van der Waals surface area contributed by atoms with E-state index in [9.17, 15) is 4.79 Å². The zero-order valence-electron chi connectivity index (χ0n) is 6.39. The van der Waals surface area contributed by atoms with Crippen LogP contribution in [0, 0.1) is 0 Å². The molecule has 1 aliphatic heterocycles. The first-order chi connectivity index (χ1) is 5.68.